The Balaban J connectivity index is 1.73. The molecule has 0 radical (unpaired) electrons. The van der Waals surface area contributed by atoms with Crippen molar-refractivity contribution in [1.82, 2.24) is 19.4 Å². The van der Waals surface area contributed by atoms with Crippen molar-refractivity contribution in [3.63, 3.8) is 0 Å². The first-order valence-corrected chi connectivity index (χ1v) is 14.5. The molecule has 11 heteroatoms. The van der Waals surface area contributed by atoms with Gasteiger partial charge < -0.3 is 14.5 Å². The molecule has 0 atom stereocenters. The van der Waals surface area contributed by atoms with Crippen LogP contribution in [-0.2, 0) is 11.2 Å². The second-order valence-electron chi connectivity index (χ2n) is 11.1. The number of aryl methyl sites for hydroxylation is 1. The van der Waals surface area contributed by atoms with E-state index in [1.165, 1.54) is 28.8 Å². The van der Waals surface area contributed by atoms with Crippen LogP contribution >= 0.6 is 0 Å². The van der Waals surface area contributed by atoms with E-state index in [1.807, 2.05) is 19.9 Å². The summed E-state index contributed by atoms with van der Waals surface area (Å²) in [6.45, 7) is 8.86. The Labute approximate surface area is 252 Å². The SMILES string of the molecule is C=CC(=O)N1CCN(c2c(C#N)c(=O)n3c4nc(c(F)cc24)-c2c(F)cccc2OCCCc2ccnc(C(C)C)c2-3)CC1. The molecule has 1 fully saturated rings. The number of hydrogen-bond donors (Lipinski definition) is 0. The van der Waals surface area contributed by atoms with E-state index in [0.29, 0.717) is 37.3 Å². The number of halogens is 2. The standard InChI is InChI=1S/C33H30F2N6O3/c1-4-26(42)39-12-14-40(15-13-39)31-21-17-24(35)29-27-23(34)8-5-9-25(27)44-16-6-7-20-10-11-37-28(19(2)3)30(20)41(32(21)38-29)33(43)22(31)18-36/h4-5,8-11,17,19H,1,6-7,12-16H2,2-3H3. The molecular weight excluding hydrogens is 566 g/mol. The van der Waals surface area contributed by atoms with Crippen LogP contribution in [0.5, 0.6) is 5.75 Å². The third-order valence-electron chi connectivity index (χ3n) is 8.14. The molecular formula is C33H30F2N6O3. The third kappa shape index (κ3) is 4.76. The van der Waals surface area contributed by atoms with Crippen molar-refractivity contribution in [1.29, 1.82) is 5.26 Å². The molecule has 44 heavy (non-hydrogen) atoms. The highest BCUT2D eigenvalue weighted by Crippen LogP contribution is 2.39. The van der Waals surface area contributed by atoms with E-state index in [4.69, 9.17) is 4.74 Å². The fourth-order valence-corrected chi connectivity index (χ4v) is 6.05. The van der Waals surface area contributed by atoms with Crippen molar-refractivity contribution in [3.05, 3.63) is 88.0 Å². The summed E-state index contributed by atoms with van der Waals surface area (Å²) in [7, 11) is 0. The van der Waals surface area contributed by atoms with Crippen molar-refractivity contribution in [3.8, 4) is 28.8 Å². The molecule has 4 aromatic rings. The minimum Gasteiger partial charge on any atom is -0.493 e. The monoisotopic (exact) mass is 596 g/mol. The van der Waals surface area contributed by atoms with E-state index >= 15 is 8.78 Å². The topological polar surface area (TPSA) is 104 Å². The number of fused-ring (bicyclic) bond motifs is 5. The molecule has 224 valence electrons. The van der Waals surface area contributed by atoms with Crippen LogP contribution in [0.1, 0.15) is 43.0 Å². The molecule has 1 amide bonds. The molecule has 6 rings (SSSR count). The Morgan fingerprint density at radius 2 is 1.91 bits per heavy atom. The zero-order valence-electron chi connectivity index (χ0n) is 24.4. The van der Waals surface area contributed by atoms with Gasteiger partial charge in [-0.3, -0.25) is 19.1 Å². The number of rotatable bonds is 3. The number of amides is 1. The van der Waals surface area contributed by atoms with Gasteiger partial charge in [-0.25, -0.2) is 13.8 Å². The number of carbonyl (C=O) groups excluding carboxylic acids is 1. The van der Waals surface area contributed by atoms with Crippen LogP contribution in [0.25, 0.3) is 28.0 Å². The number of aromatic nitrogens is 3. The van der Waals surface area contributed by atoms with Gasteiger partial charge in [0.1, 0.15) is 28.9 Å². The number of pyridine rings is 3. The highest BCUT2D eigenvalue weighted by Gasteiger charge is 2.31. The van der Waals surface area contributed by atoms with Gasteiger partial charge in [0.25, 0.3) is 5.56 Å². The van der Waals surface area contributed by atoms with Crippen LogP contribution in [0.2, 0.25) is 0 Å². The third-order valence-corrected chi connectivity index (χ3v) is 8.14. The van der Waals surface area contributed by atoms with Crippen LogP contribution in [0.15, 0.2) is 54.0 Å². The van der Waals surface area contributed by atoms with Gasteiger partial charge in [0.05, 0.1) is 29.2 Å². The lowest BCUT2D eigenvalue weighted by Gasteiger charge is -2.36. The molecule has 2 aliphatic heterocycles. The summed E-state index contributed by atoms with van der Waals surface area (Å²) >= 11 is 0. The first-order valence-electron chi connectivity index (χ1n) is 14.5. The maximum absolute atomic E-state index is 16.2. The largest absolute Gasteiger partial charge is 0.493 e. The van der Waals surface area contributed by atoms with E-state index in [-0.39, 0.29) is 70.8 Å². The van der Waals surface area contributed by atoms with Crippen molar-refractivity contribution in [2.24, 2.45) is 0 Å². The average molecular weight is 597 g/mol. The molecule has 0 spiro atoms. The molecule has 3 aromatic heterocycles. The van der Waals surface area contributed by atoms with Gasteiger partial charge >= 0.3 is 0 Å². The smallest absolute Gasteiger partial charge is 0.276 e. The van der Waals surface area contributed by atoms with Gasteiger partial charge in [-0.05, 0) is 54.7 Å². The van der Waals surface area contributed by atoms with Crippen LogP contribution in [0.4, 0.5) is 14.5 Å². The summed E-state index contributed by atoms with van der Waals surface area (Å²) in [5.74, 6) is -1.76. The van der Waals surface area contributed by atoms with Crippen LogP contribution in [0.3, 0.4) is 0 Å². The van der Waals surface area contributed by atoms with Crippen molar-refractivity contribution in [2.45, 2.75) is 32.6 Å². The highest BCUT2D eigenvalue weighted by atomic mass is 19.1. The molecule has 2 aliphatic rings. The van der Waals surface area contributed by atoms with Crippen LogP contribution in [-0.4, -0.2) is 58.1 Å². The van der Waals surface area contributed by atoms with Crippen molar-refractivity contribution in [2.75, 3.05) is 37.7 Å². The van der Waals surface area contributed by atoms with E-state index in [9.17, 15) is 14.9 Å². The van der Waals surface area contributed by atoms with Crippen LogP contribution in [0, 0.1) is 23.0 Å². The Kier molecular flexibility index (Phi) is 7.59. The highest BCUT2D eigenvalue weighted by molar-refractivity contribution is 5.96. The lowest BCUT2D eigenvalue weighted by molar-refractivity contribution is -0.126. The number of hydrogen-bond acceptors (Lipinski definition) is 7. The lowest BCUT2D eigenvalue weighted by Crippen LogP contribution is -2.49. The Bertz CT molecular complexity index is 1920. The minimum absolute atomic E-state index is 0.0657. The van der Waals surface area contributed by atoms with E-state index < -0.39 is 17.2 Å². The number of carbonyl (C=O) groups is 1. The second kappa shape index (κ2) is 11.5. The first-order chi connectivity index (χ1) is 21.2. The Morgan fingerprint density at radius 3 is 2.61 bits per heavy atom. The number of nitriles is 1. The minimum atomic E-state index is -0.837. The first kappa shape index (κ1) is 29.0. The molecule has 9 nitrogen and oxygen atoms in total. The van der Waals surface area contributed by atoms with E-state index in [2.05, 4.69) is 22.6 Å². The zero-order chi connectivity index (χ0) is 31.1. The molecule has 1 saturated heterocycles. The second-order valence-corrected chi connectivity index (χ2v) is 11.1. The molecule has 0 N–H and O–H groups in total. The maximum Gasteiger partial charge on any atom is 0.276 e. The van der Waals surface area contributed by atoms with Gasteiger partial charge in [-0.2, -0.15) is 5.26 Å². The van der Waals surface area contributed by atoms with Gasteiger partial charge in [0, 0.05) is 37.8 Å². The molecule has 0 unspecified atom stereocenters. The molecule has 0 saturated carbocycles. The van der Waals surface area contributed by atoms with Crippen molar-refractivity contribution >= 4 is 22.6 Å². The fourth-order valence-electron chi connectivity index (χ4n) is 6.05. The average Bonchev–Trinajstić information content (AvgIpc) is 3.02. The number of ether oxygens (including phenoxy) is 1. The predicted molar refractivity (Wildman–Crippen MR) is 162 cm³/mol. The molecule has 2 bridgehead atoms. The number of piperazine rings is 1. The molecule has 1 aromatic carbocycles. The Morgan fingerprint density at radius 1 is 1.14 bits per heavy atom. The summed E-state index contributed by atoms with van der Waals surface area (Å²) in [5, 5.41) is 10.6. The van der Waals surface area contributed by atoms with Crippen molar-refractivity contribution < 1.29 is 18.3 Å². The Hall–Kier alpha value is -5.11. The summed E-state index contributed by atoms with van der Waals surface area (Å²) in [6.07, 6.45) is 3.93. The van der Waals surface area contributed by atoms with E-state index in [1.54, 1.807) is 22.1 Å². The van der Waals surface area contributed by atoms with Crippen LogP contribution < -0.4 is 15.2 Å². The quantitative estimate of drug-likeness (QED) is 0.311. The van der Waals surface area contributed by atoms with Gasteiger partial charge in [0.15, 0.2) is 11.5 Å². The molecule has 5 heterocycles. The molecule has 0 aliphatic carbocycles. The van der Waals surface area contributed by atoms with Gasteiger partial charge in [-0.15, -0.1) is 0 Å². The fraction of sp³-hybridized carbons (Fsp3) is 0.303. The normalized spacial score (nSPS) is 14.7. The number of benzene rings is 1. The number of anilines is 1. The van der Waals surface area contributed by atoms with Gasteiger partial charge in [0.2, 0.25) is 5.91 Å². The number of nitrogens with zero attached hydrogens (tertiary/aromatic N) is 6. The maximum atomic E-state index is 16.2. The summed E-state index contributed by atoms with van der Waals surface area (Å²) < 4.78 is 38.9. The summed E-state index contributed by atoms with van der Waals surface area (Å²) in [5.41, 5.74) is 0.882. The van der Waals surface area contributed by atoms with Gasteiger partial charge in [-0.1, -0.05) is 26.5 Å². The summed E-state index contributed by atoms with van der Waals surface area (Å²) in [4.78, 5) is 39.4. The zero-order valence-corrected chi connectivity index (χ0v) is 24.4. The van der Waals surface area contributed by atoms with E-state index in [0.717, 1.165) is 5.56 Å². The lowest BCUT2D eigenvalue weighted by atomic mass is 9.99. The predicted octanol–water partition coefficient (Wildman–Crippen LogP) is 4.88. The summed E-state index contributed by atoms with van der Waals surface area (Å²) in [6, 6.07) is 9.36.